The van der Waals surface area contributed by atoms with Crippen LogP contribution in [0.1, 0.15) is 30.1 Å². The van der Waals surface area contributed by atoms with E-state index in [1.165, 1.54) is 0 Å². The summed E-state index contributed by atoms with van der Waals surface area (Å²) >= 11 is 0. The normalized spacial score (nSPS) is 12.5. The number of fused-ring (bicyclic) bond motifs is 1. The molecule has 2 aromatic heterocycles. The molecule has 0 saturated carbocycles. The van der Waals surface area contributed by atoms with Gasteiger partial charge < -0.3 is 14.8 Å². The Labute approximate surface area is 112 Å². The summed E-state index contributed by atoms with van der Waals surface area (Å²) in [6.07, 6.45) is 6.91. The first-order valence-electron chi connectivity index (χ1n) is 6.55. The first kappa shape index (κ1) is 13.5. The molecule has 19 heavy (non-hydrogen) atoms. The number of aromatic nitrogens is 2. The fourth-order valence-corrected chi connectivity index (χ4v) is 2.03. The van der Waals surface area contributed by atoms with E-state index < -0.39 is 0 Å². The van der Waals surface area contributed by atoms with Crippen LogP contribution < -0.4 is 5.32 Å². The second kappa shape index (κ2) is 6.33. The van der Waals surface area contributed by atoms with Gasteiger partial charge in [-0.25, -0.2) is 4.98 Å². The van der Waals surface area contributed by atoms with Crippen LogP contribution in [0.5, 0.6) is 0 Å². The van der Waals surface area contributed by atoms with Crippen LogP contribution in [0.25, 0.3) is 5.52 Å². The van der Waals surface area contributed by atoms with E-state index in [1.807, 2.05) is 16.7 Å². The van der Waals surface area contributed by atoms with Gasteiger partial charge in [0.15, 0.2) is 0 Å². The second-order valence-corrected chi connectivity index (χ2v) is 4.64. The Balaban J connectivity index is 1.98. The van der Waals surface area contributed by atoms with Gasteiger partial charge in [0.05, 0.1) is 18.0 Å². The van der Waals surface area contributed by atoms with E-state index in [9.17, 15) is 4.79 Å². The summed E-state index contributed by atoms with van der Waals surface area (Å²) in [7, 11) is 0. The largest absolute Gasteiger partial charge is 0.396 e. The lowest BCUT2D eigenvalue weighted by atomic mass is 10.0. The Hall–Kier alpha value is -1.88. The molecule has 2 heterocycles. The van der Waals surface area contributed by atoms with Gasteiger partial charge in [-0.3, -0.25) is 4.79 Å². The van der Waals surface area contributed by atoms with Crippen molar-refractivity contribution < 1.29 is 9.90 Å². The molecule has 2 aromatic rings. The van der Waals surface area contributed by atoms with Gasteiger partial charge >= 0.3 is 0 Å². The Kier molecular flexibility index (Phi) is 4.52. The number of hydrogen-bond acceptors (Lipinski definition) is 3. The molecule has 1 amide bonds. The van der Waals surface area contributed by atoms with Crippen molar-refractivity contribution in [1.29, 1.82) is 0 Å². The monoisotopic (exact) mass is 261 g/mol. The predicted octanol–water partition coefficient (Wildman–Crippen LogP) is 1.47. The standard InChI is InChI=1S/C14H19N3O2/c1-2-11(4-6-18)8-16-14(19)12-3-5-17-10-15-9-13(17)7-12/h3,5,7,9-11,18H,2,4,6,8H2,1H3,(H,16,19). The van der Waals surface area contributed by atoms with Gasteiger partial charge in [-0.2, -0.15) is 0 Å². The summed E-state index contributed by atoms with van der Waals surface area (Å²) in [6, 6.07) is 3.59. The van der Waals surface area contributed by atoms with E-state index in [0.717, 1.165) is 18.4 Å². The number of rotatable bonds is 6. The number of imidazole rings is 1. The van der Waals surface area contributed by atoms with Crippen molar-refractivity contribution in [1.82, 2.24) is 14.7 Å². The Morgan fingerprint density at radius 3 is 3.16 bits per heavy atom. The van der Waals surface area contributed by atoms with Gasteiger partial charge in [0.25, 0.3) is 5.91 Å². The molecule has 1 atom stereocenters. The molecular formula is C14H19N3O2. The average Bonchev–Trinajstić information content (AvgIpc) is 2.90. The maximum absolute atomic E-state index is 12.0. The van der Waals surface area contributed by atoms with Crippen LogP contribution in [0.3, 0.4) is 0 Å². The van der Waals surface area contributed by atoms with Crippen molar-refractivity contribution >= 4 is 11.4 Å². The predicted molar refractivity (Wildman–Crippen MR) is 73.0 cm³/mol. The molecule has 0 saturated heterocycles. The van der Waals surface area contributed by atoms with Crippen molar-refractivity contribution in [2.45, 2.75) is 19.8 Å². The number of nitrogens with one attached hydrogen (secondary N) is 1. The van der Waals surface area contributed by atoms with Crippen LogP contribution in [0.15, 0.2) is 30.9 Å². The Morgan fingerprint density at radius 1 is 1.58 bits per heavy atom. The van der Waals surface area contributed by atoms with Crippen LogP contribution >= 0.6 is 0 Å². The quantitative estimate of drug-likeness (QED) is 0.827. The smallest absolute Gasteiger partial charge is 0.251 e. The first-order chi connectivity index (χ1) is 9.24. The summed E-state index contributed by atoms with van der Waals surface area (Å²) in [4.78, 5) is 16.0. The zero-order valence-electron chi connectivity index (χ0n) is 11.0. The van der Waals surface area contributed by atoms with Crippen LogP contribution in [0.4, 0.5) is 0 Å². The van der Waals surface area contributed by atoms with Crippen LogP contribution in [0.2, 0.25) is 0 Å². The molecule has 1 unspecified atom stereocenters. The number of aliphatic hydroxyl groups is 1. The van der Waals surface area contributed by atoms with Gasteiger partial charge in [-0.15, -0.1) is 0 Å². The lowest BCUT2D eigenvalue weighted by molar-refractivity contribution is 0.0943. The minimum absolute atomic E-state index is 0.0833. The highest BCUT2D eigenvalue weighted by Crippen LogP contribution is 2.08. The highest BCUT2D eigenvalue weighted by atomic mass is 16.3. The minimum atomic E-state index is -0.0833. The Morgan fingerprint density at radius 2 is 2.42 bits per heavy atom. The number of carbonyl (C=O) groups excluding carboxylic acids is 1. The highest BCUT2D eigenvalue weighted by molar-refractivity contribution is 5.95. The van der Waals surface area contributed by atoms with E-state index in [2.05, 4.69) is 17.2 Å². The molecule has 5 heteroatoms. The fourth-order valence-electron chi connectivity index (χ4n) is 2.03. The van der Waals surface area contributed by atoms with Gasteiger partial charge in [0.2, 0.25) is 0 Å². The summed E-state index contributed by atoms with van der Waals surface area (Å²) < 4.78 is 1.86. The highest BCUT2D eigenvalue weighted by Gasteiger charge is 2.10. The number of amides is 1. The van der Waals surface area contributed by atoms with Gasteiger partial charge in [-0.05, 0) is 24.5 Å². The molecular weight excluding hydrogens is 242 g/mol. The molecule has 0 fully saturated rings. The van der Waals surface area contributed by atoms with Crippen molar-refractivity contribution in [3.63, 3.8) is 0 Å². The first-order valence-corrected chi connectivity index (χ1v) is 6.55. The third-order valence-electron chi connectivity index (χ3n) is 3.34. The fraction of sp³-hybridized carbons (Fsp3) is 0.429. The number of pyridine rings is 1. The molecule has 5 nitrogen and oxygen atoms in total. The maximum atomic E-state index is 12.0. The van der Waals surface area contributed by atoms with Gasteiger partial charge in [-0.1, -0.05) is 13.3 Å². The molecule has 2 rings (SSSR count). The van der Waals surface area contributed by atoms with E-state index in [-0.39, 0.29) is 12.5 Å². The average molecular weight is 261 g/mol. The molecule has 102 valence electrons. The topological polar surface area (TPSA) is 66.6 Å². The van der Waals surface area contributed by atoms with Crippen molar-refractivity contribution in [3.05, 3.63) is 36.4 Å². The van der Waals surface area contributed by atoms with E-state index in [1.54, 1.807) is 18.6 Å². The third kappa shape index (κ3) is 3.32. The number of aliphatic hydroxyl groups excluding tert-OH is 1. The van der Waals surface area contributed by atoms with Crippen LogP contribution in [0, 0.1) is 5.92 Å². The van der Waals surface area contributed by atoms with Crippen molar-refractivity contribution in [3.8, 4) is 0 Å². The summed E-state index contributed by atoms with van der Waals surface area (Å²) in [5, 5.41) is 11.8. The van der Waals surface area contributed by atoms with Crippen LogP contribution in [-0.4, -0.2) is 33.6 Å². The number of hydrogen-bond donors (Lipinski definition) is 2. The Bertz CT molecular complexity index is 550. The minimum Gasteiger partial charge on any atom is -0.396 e. The molecule has 0 aliphatic carbocycles. The SMILES string of the molecule is CCC(CCO)CNC(=O)c1ccn2cncc2c1. The molecule has 0 spiro atoms. The number of carbonyl (C=O) groups is 1. The molecule has 2 N–H and O–H groups in total. The maximum Gasteiger partial charge on any atom is 0.251 e. The summed E-state index contributed by atoms with van der Waals surface area (Å²) in [5.74, 6) is 0.243. The van der Waals surface area contributed by atoms with E-state index >= 15 is 0 Å². The molecule has 0 bridgehead atoms. The second-order valence-electron chi connectivity index (χ2n) is 4.64. The van der Waals surface area contributed by atoms with Crippen molar-refractivity contribution in [2.24, 2.45) is 5.92 Å². The van der Waals surface area contributed by atoms with Gasteiger partial charge in [0.1, 0.15) is 0 Å². The third-order valence-corrected chi connectivity index (χ3v) is 3.34. The molecule has 0 aliphatic rings. The van der Waals surface area contributed by atoms with Crippen molar-refractivity contribution in [2.75, 3.05) is 13.2 Å². The zero-order chi connectivity index (χ0) is 13.7. The summed E-state index contributed by atoms with van der Waals surface area (Å²) in [5.41, 5.74) is 1.53. The van der Waals surface area contributed by atoms with Gasteiger partial charge in [0, 0.05) is 24.9 Å². The molecule has 0 aromatic carbocycles. The lowest BCUT2D eigenvalue weighted by Gasteiger charge is -2.14. The molecule has 0 aliphatic heterocycles. The van der Waals surface area contributed by atoms with E-state index in [0.29, 0.717) is 18.0 Å². The molecule has 0 radical (unpaired) electrons. The van der Waals surface area contributed by atoms with Crippen LogP contribution in [-0.2, 0) is 0 Å². The lowest BCUT2D eigenvalue weighted by Crippen LogP contribution is -2.29. The number of nitrogens with zero attached hydrogens (tertiary/aromatic N) is 2. The zero-order valence-corrected chi connectivity index (χ0v) is 11.0. The van der Waals surface area contributed by atoms with E-state index in [4.69, 9.17) is 5.11 Å². The summed E-state index contributed by atoms with van der Waals surface area (Å²) in [6.45, 7) is 2.82.